The number of hydrogen-bond acceptors (Lipinski definition) is 4. The number of rotatable bonds is 5. The predicted octanol–water partition coefficient (Wildman–Crippen LogP) is 0.782. The van der Waals surface area contributed by atoms with Crippen LogP contribution in [0.4, 0.5) is 0 Å². The van der Waals surface area contributed by atoms with Crippen molar-refractivity contribution in [2.75, 3.05) is 6.61 Å². The van der Waals surface area contributed by atoms with E-state index in [0.717, 1.165) is 31.6 Å². The van der Waals surface area contributed by atoms with Crippen LogP contribution in [0.3, 0.4) is 0 Å². The molecule has 102 valence electrons. The molecule has 0 spiro atoms. The zero-order valence-electron chi connectivity index (χ0n) is 11.5. The summed E-state index contributed by atoms with van der Waals surface area (Å²) in [4.78, 5) is 0. The Morgan fingerprint density at radius 3 is 2.94 bits per heavy atom. The minimum atomic E-state index is 0.155. The highest BCUT2D eigenvalue weighted by Gasteiger charge is 2.32. The predicted molar refractivity (Wildman–Crippen MR) is 70.9 cm³/mol. The molecule has 5 heteroatoms. The number of aryl methyl sites for hydroxylation is 2. The highest BCUT2D eigenvalue weighted by Crippen LogP contribution is 2.24. The maximum absolute atomic E-state index is 5.79. The molecule has 0 bridgehead atoms. The van der Waals surface area contributed by atoms with E-state index in [1.807, 2.05) is 11.7 Å². The molecule has 2 heterocycles. The Morgan fingerprint density at radius 1 is 1.67 bits per heavy atom. The highest BCUT2D eigenvalue weighted by atomic mass is 16.5. The molecule has 3 N–H and O–H groups in total. The minimum absolute atomic E-state index is 0.155. The van der Waals surface area contributed by atoms with Crippen LogP contribution in [-0.4, -0.2) is 28.5 Å². The second kappa shape index (κ2) is 5.82. The topological polar surface area (TPSA) is 65.1 Å². The molecule has 1 aliphatic heterocycles. The molecule has 1 aromatic rings. The Labute approximate surface area is 109 Å². The van der Waals surface area contributed by atoms with E-state index < -0.39 is 0 Å². The lowest BCUT2D eigenvalue weighted by molar-refractivity contribution is 0.0605. The van der Waals surface area contributed by atoms with Gasteiger partial charge in [-0.25, -0.2) is 0 Å². The number of nitrogens with zero attached hydrogens (tertiary/aromatic N) is 2. The van der Waals surface area contributed by atoms with Crippen molar-refractivity contribution in [2.45, 2.75) is 45.3 Å². The fraction of sp³-hybridized carbons (Fsp3) is 0.769. The van der Waals surface area contributed by atoms with Gasteiger partial charge in [-0.1, -0.05) is 13.8 Å². The van der Waals surface area contributed by atoms with Gasteiger partial charge in [0.1, 0.15) is 0 Å². The van der Waals surface area contributed by atoms with Gasteiger partial charge in [0, 0.05) is 25.8 Å². The number of nitrogens with one attached hydrogen (secondary N) is 1. The fourth-order valence-electron chi connectivity index (χ4n) is 2.66. The van der Waals surface area contributed by atoms with Crippen molar-refractivity contribution in [3.63, 3.8) is 0 Å². The molecule has 18 heavy (non-hydrogen) atoms. The van der Waals surface area contributed by atoms with Crippen LogP contribution in [0, 0.1) is 5.92 Å². The lowest BCUT2D eigenvalue weighted by Gasteiger charge is -2.25. The first-order chi connectivity index (χ1) is 8.65. The van der Waals surface area contributed by atoms with Crippen LogP contribution in [0.1, 0.15) is 31.7 Å². The molecule has 5 nitrogen and oxygen atoms in total. The van der Waals surface area contributed by atoms with Crippen LogP contribution < -0.4 is 11.3 Å². The van der Waals surface area contributed by atoms with Gasteiger partial charge in [0.15, 0.2) is 0 Å². The Hall–Kier alpha value is -0.910. The first-order valence-electron chi connectivity index (χ1n) is 6.75. The summed E-state index contributed by atoms with van der Waals surface area (Å²) in [6, 6.07) is 2.31. The standard InChI is InChI=1S/C13H24N4O/c1-4-10-7-11(17(3)16-10)8-12(15-14)13-9(2)5-6-18-13/h7,9,12-13,15H,4-6,8,14H2,1-3H3. The average Bonchev–Trinajstić information content (AvgIpc) is 2.93. The van der Waals surface area contributed by atoms with E-state index in [1.165, 1.54) is 5.69 Å². The molecule has 1 aromatic heterocycles. The summed E-state index contributed by atoms with van der Waals surface area (Å²) in [5.74, 6) is 6.25. The summed E-state index contributed by atoms with van der Waals surface area (Å²) in [6.07, 6.45) is 3.14. The van der Waals surface area contributed by atoms with Gasteiger partial charge in [-0.3, -0.25) is 16.0 Å². The van der Waals surface area contributed by atoms with Crippen molar-refractivity contribution in [3.05, 3.63) is 17.5 Å². The molecular weight excluding hydrogens is 228 g/mol. The Balaban J connectivity index is 2.07. The Morgan fingerprint density at radius 2 is 2.44 bits per heavy atom. The molecule has 1 aliphatic rings. The average molecular weight is 252 g/mol. The van der Waals surface area contributed by atoms with E-state index in [-0.39, 0.29) is 12.1 Å². The monoisotopic (exact) mass is 252 g/mol. The van der Waals surface area contributed by atoms with Crippen molar-refractivity contribution in [2.24, 2.45) is 18.8 Å². The number of hydrogen-bond donors (Lipinski definition) is 2. The van der Waals surface area contributed by atoms with Crippen molar-refractivity contribution in [1.82, 2.24) is 15.2 Å². The SMILES string of the molecule is CCc1cc(CC(NN)C2OCCC2C)n(C)n1. The van der Waals surface area contributed by atoms with Gasteiger partial charge in [-0.15, -0.1) is 0 Å². The lowest BCUT2D eigenvalue weighted by Crippen LogP contribution is -2.47. The van der Waals surface area contributed by atoms with Crippen molar-refractivity contribution in [1.29, 1.82) is 0 Å². The zero-order chi connectivity index (χ0) is 13.1. The Bertz CT molecular complexity index is 390. The van der Waals surface area contributed by atoms with Gasteiger partial charge in [0.05, 0.1) is 17.8 Å². The quantitative estimate of drug-likeness (QED) is 0.600. The number of ether oxygens (including phenoxy) is 1. The number of nitrogens with two attached hydrogens (primary N) is 1. The van der Waals surface area contributed by atoms with Gasteiger partial charge in [-0.2, -0.15) is 5.10 Å². The second-order valence-electron chi connectivity index (χ2n) is 5.18. The second-order valence-corrected chi connectivity index (χ2v) is 5.18. The van der Waals surface area contributed by atoms with Crippen LogP contribution in [-0.2, 0) is 24.6 Å². The molecule has 0 saturated carbocycles. The van der Waals surface area contributed by atoms with Crippen LogP contribution in [0.15, 0.2) is 6.07 Å². The van der Waals surface area contributed by atoms with E-state index in [1.54, 1.807) is 0 Å². The van der Waals surface area contributed by atoms with Gasteiger partial charge >= 0.3 is 0 Å². The van der Waals surface area contributed by atoms with E-state index >= 15 is 0 Å². The smallest absolute Gasteiger partial charge is 0.0771 e. The third kappa shape index (κ3) is 2.74. The van der Waals surface area contributed by atoms with Crippen molar-refractivity contribution in [3.8, 4) is 0 Å². The molecule has 0 radical (unpaired) electrons. The molecule has 1 fully saturated rings. The highest BCUT2D eigenvalue weighted by molar-refractivity contribution is 5.12. The van der Waals surface area contributed by atoms with Gasteiger partial charge in [-0.05, 0) is 24.8 Å². The third-order valence-corrected chi connectivity index (χ3v) is 3.87. The molecule has 0 amide bonds. The number of aromatic nitrogens is 2. The summed E-state index contributed by atoms with van der Waals surface area (Å²) >= 11 is 0. The first kappa shape index (κ1) is 13.5. The summed E-state index contributed by atoms with van der Waals surface area (Å²) in [7, 11) is 1.99. The summed E-state index contributed by atoms with van der Waals surface area (Å²) in [5.41, 5.74) is 5.25. The normalized spacial score (nSPS) is 25.6. The first-order valence-corrected chi connectivity index (χ1v) is 6.75. The summed E-state index contributed by atoms with van der Waals surface area (Å²) in [6.45, 7) is 5.19. The van der Waals surface area contributed by atoms with Crippen molar-refractivity contribution >= 4 is 0 Å². The lowest BCUT2D eigenvalue weighted by atomic mass is 9.95. The van der Waals surface area contributed by atoms with E-state index in [4.69, 9.17) is 10.6 Å². The van der Waals surface area contributed by atoms with E-state index in [0.29, 0.717) is 5.92 Å². The van der Waals surface area contributed by atoms with Gasteiger partial charge in [0.25, 0.3) is 0 Å². The molecule has 0 aromatic carbocycles. The van der Waals surface area contributed by atoms with Crippen LogP contribution >= 0.6 is 0 Å². The fourth-order valence-corrected chi connectivity index (χ4v) is 2.66. The molecule has 1 saturated heterocycles. The Kier molecular flexibility index (Phi) is 4.37. The zero-order valence-corrected chi connectivity index (χ0v) is 11.5. The number of hydrazine groups is 1. The third-order valence-electron chi connectivity index (χ3n) is 3.87. The van der Waals surface area contributed by atoms with Crippen LogP contribution in [0.2, 0.25) is 0 Å². The summed E-state index contributed by atoms with van der Waals surface area (Å²) in [5, 5.41) is 4.47. The largest absolute Gasteiger partial charge is 0.376 e. The van der Waals surface area contributed by atoms with Gasteiger partial charge < -0.3 is 4.74 Å². The van der Waals surface area contributed by atoms with E-state index in [9.17, 15) is 0 Å². The molecule has 2 rings (SSSR count). The maximum Gasteiger partial charge on any atom is 0.0771 e. The van der Waals surface area contributed by atoms with Gasteiger partial charge in [0.2, 0.25) is 0 Å². The maximum atomic E-state index is 5.79. The van der Waals surface area contributed by atoms with Crippen molar-refractivity contribution < 1.29 is 4.74 Å². The van der Waals surface area contributed by atoms with Crippen LogP contribution in [0.5, 0.6) is 0 Å². The summed E-state index contributed by atoms with van der Waals surface area (Å²) < 4.78 is 7.74. The van der Waals surface area contributed by atoms with E-state index in [2.05, 4.69) is 30.4 Å². The van der Waals surface area contributed by atoms with Crippen LogP contribution in [0.25, 0.3) is 0 Å². The molecule has 0 aliphatic carbocycles. The molecular formula is C13H24N4O. The molecule has 3 atom stereocenters. The minimum Gasteiger partial charge on any atom is -0.376 e. The molecule has 3 unspecified atom stereocenters.